The molecular weight excluding hydrogens is 293 g/mol. The number of furan rings is 1. The van der Waals surface area contributed by atoms with Gasteiger partial charge in [0.1, 0.15) is 11.6 Å². The van der Waals surface area contributed by atoms with Gasteiger partial charge in [-0.3, -0.25) is 4.79 Å². The average Bonchev–Trinajstić information content (AvgIpc) is 3.06. The molecule has 1 atom stereocenters. The van der Waals surface area contributed by atoms with Crippen LogP contribution in [0.5, 0.6) is 0 Å². The zero-order valence-electron chi connectivity index (χ0n) is 12.6. The van der Waals surface area contributed by atoms with Crippen LogP contribution in [0.1, 0.15) is 29.1 Å². The molecule has 3 aromatic rings. The molecule has 0 bridgehead atoms. The van der Waals surface area contributed by atoms with Gasteiger partial charge >= 0.3 is 0 Å². The van der Waals surface area contributed by atoms with E-state index in [-0.39, 0.29) is 23.5 Å². The molecule has 0 aliphatic rings. The monoisotopic (exact) mass is 309 g/mol. The Morgan fingerprint density at radius 2 is 1.70 bits per heavy atom. The van der Waals surface area contributed by atoms with Gasteiger partial charge in [0.2, 0.25) is 0 Å². The van der Waals surface area contributed by atoms with E-state index in [4.69, 9.17) is 4.42 Å². The summed E-state index contributed by atoms with van der Waals surface area (Å²) in [6.07, 6.45) is 0. The van der Waals surface area contributed by atoms with Crippen molar-refractivity contribution in [3.05, 3.63) is 83.9 Å². The van der Waals surface area contributed by atoms with Crippen LogP contribution in [0.3, 0.4) is 0 Å². The first kappa shape index (κ1) is 15.0. The molecule has 1 unspecified atom stereocenters. The molecule has 3 rings (SSSR count). The van der Waals surface area contributed by atoms with Crippen LogP contribution in [0.2, 0.25) is 0 Å². The third-order valence-electron chi connectivity index (χ3n) is 3.62. The summed E-state index contributed by atoms with van der Waals surface area (Å²) < 4.78 is 19.3. The quantitative estimate of drug-likeness (QED) is 0.766. The summed E-state index contributed by atoms with van der Waals surface area (Å²) in [6, 6.07) is 18.9. The lowest BCUT2D eigenvalue weighted by Crippen LogP contribution is -2.26. The maximum Gasteiger partial charge on any atom is 0.287 e. The molecule has 0 fully saturated rings. The van der Waals surface area contributed by atoms with Crippen LogP contribution in [0.15, 0.2) is 71.1 Å². The molecule has 3 nitrogen and oxygen atoms in total. The zero-order chi connectivity index (χ0) is 16.2. The Bertz CT molecular complexity index is 811. The van der Waals surface area contributed by atoms with Crippen molar-refractivity contribution in [3.8, 4) is 11.3 Å². The minimum absolute atomic E-state index is 0.147. The van der Waals surface area contributed by atoms with Gasteiger partial charge < -0.3 is 9.73 Å². The van der Waals surface area contributed by atoms with E-state index in [0.29, 0.717) is 11.3 Å². The summed E-state index contributed by atoms with van der Waals surface area (Å²) in [4.78, 5) is 12.3. The summed E-state index contributed by atoms with van der Waals surface area (Å²) in [7, 11) is 0. The summed E-state index contributed by atoms with van der Waals surface area (Å²) in [5, 5.41) is 2.87. The van der Waals surface area contributed by atoms with Crippen molar-refractivity contribution in [3.63, 3.8) is 0 Å². The van der Waals surface area contributed by atoms with Gasteiger partial charge in [-0.15, -0.1) is 0 Å². The number of benzene rings is 2. The molecule has 1 heterocycles. The van der Waals surface area contributed by atoms with Gasteiger partial charge in [0.25, 0.3) is 5.91 Å². The first-order valence-corrected chi connectivity index (χ1v) is 7.35. The molecule has 0 aliphatic heterocycles. The summed E-state index contributed by atoms with van der Waals surface area (Å²) in [6.45, 7) is 1.90. The van der Waals surface area contributed by atoms with Crippen molar-refractivity contribution in [1.29, 1.82) is 0 Å². The fourth-order valence-corrected chi connectivity index (χ4v) is 2.36. The van der Waals surface area contributed by atoms with E-state index in [1.165, 1.54) is 6.07 Å². The minimum Gasteiger partial charge on any atom is -0.451 e. The van der Waals surface area contributed by atoms with E-state index in [1.807, 2.05) is 37.3 Å². The third-order valence-corrected chi connectivity index (χ3v) is 3.62. The van der Waals surface area contributed by atoms with Crippen LogP contribution in [0, 0.1) is 5.82 Å². The standard InChI is InChI=1S/C19H16FNO2/c1-13(14-7-3-2-4-8-14)21-19(22)18-12-11-17(23-18)15-9-5-6-10-16(15)20/h2-13H,1H3,(H,21,22). The molecule has 1 amide bonds. The second-order valence-corrected chi connectivity index (χ2v) is 5.25. The lowest BCUT2D eigenvalue weighted by molar-refractivity contribution is 0.0912. The Morgan fingerprint density at radius 1 is 1.00 bits per heavy atom. The van der Waals surface area contributed by atoms with Gasteiger partial charge in [0.15, 0.2) is 5.76 Å². The molecule has 4 heteroatoms. The Morgan fingerprint density at radius 3 is 2.43 bits per heavy atom. The second kappa shape index (κ2) is 6.48. The predicted molar refractivity (Wildman–Crippen MR) is 86.4 cm³/mol. The Labute approximate surface area is 133 Å². The molecule has 0 aliphatic carbocycles. The fourth-order valence-electron chi connectivity index (χ4n) is 2.36. The normalized spacial score (nSPS) is 11.9. The Hall–Kier alpha value is -2.88. The van der Waals surface area contributed by atoms with Crippen LogP contribution >= 0.6 is 0 Å². The number of amides is 1. The summed E-state index contributed by atoms with van der Waals surface area (Å²) in [5.41, 5.74) is 1.34. The first-order valence-electron chi connectivity index (χ1n) is 7.35. The lowest BCUT2D eigenvalue weighted by Gasteiger charge is -2.13. The zero-order valence-corrected chi connectivity index (χ0v) is 12.6. The Kier molecular flexibility index (Phi) is 4.24. The molecule has 1 N–H and O–H groups in total. The third kappa shape index (κ3) is 3.31. The number of halogens is 1. The molecule has 0 saturated heterocycles. The smallest absolute Gasteiger partial charge is 0.287 e. The highest BCUT2D eigenvalue weighted by Gasteiger charge is 2.16. The largest absolute Gasteiger partial charge is 0.451 e. The Balaban J connectivity index is 1.75. The van der Waals surface area contributed by atoms with E-state index in [1.54, 1.807) is 30.3 Å². The molecule has 1 aromatic heterocycles. The second-order valence-electron chi connectivity index (χ2n) is 5.25. The first-order chi connectivity index (χ1) is 11.1. The van der Waals surface area contributed by atoms with E-state index in [0.717, 1.165) is 5.56 Å². The van der Waals surface area contributed by atoms with Crippen molar-refractivity contribution in [2.75, 3.05) is 0 Å². The van der Waals surface area contributed by atoms with Gasteiger partial charge in [-0.2, -0.15) is 0 Å². The summed E-state index contributed by atoms with van der Waals surface area (Å²) in [5.74, 6) is -0.220. The van der Waals surface area contributed by atoms with Gasteiger partial charge in [0.05, 0.1) is 11.6 Å². The SMILES string of the molecule is CC(NC(=O)c1ccc(-c2ccccc2F)o1)c1ccccc1. The van der Waals surface area contributed by atoms with Crippen LogP contribution in [-0.4, -0.2) is 5.91 Å². The van der Waals surface area contributed by atoms with Crippen LogP contribution in [-0.2, 0) is 0 Å². The maximum absolute atomic E-state index is 13.8. The number of carbonyl (C=O) groups is 1. The number of rotatable bonds is 4. The minimum atomic E-state index is -0.383. The van der Waals surface area contributed by atoms with Gasteiger partial charge in [0, 0.05) is 0 Å². The average molecular weight is 309 g/mol. The molecule has 2 aromatic carbocycles. The number of carbonyl (C=O) groups excluding carboxylic acids is 1. The van der Waals surface area contributed by atoms with Crippen molar-refractivity contribution in [1.82, 2.24) is 5.32 Å². The number of hydrogen-bond donors (Lipinski definition) is 1. The number of nitrogens with one attached hydrogen (secondary N) is 1. The van der Waals surface area contributed by atoms with Crippen molar-refractivity contribution < 1.29 is 13.6 Å². The van der Waals surface area contributed by atoms with Crippen LogP contribution in [0.25, 0.3) is 11.3 Å². The van der Waals surface area contributed by atoms with Crippen LogP contribution in [0.4, 0.5) is 4.39 Å². The van der Waals surface area contributed by atoms with E-state index < -0.39 is 0 Å². The van der Waals surface area contributed by atoms with Gasteiger partial charge in [-0.25, -0.2) is 4.39 Å². The van der Waals surface area contributed by atoms with E-state index >= 15 is 0 Å². The van der Waals surface area contributed by atoms with E-state index in [2.05, 4.69) is 5.32 Å². The van der Waals surface area contributed by atoms with Crippen molar-refractivity contribution in [2.24, 2.45) is 0 Å². The van der Waals surface area contributed by atoms with E-state index in [9.17, 15) is 9.18 Å². The summed E-state index contributed by atoms with van der Waals surface area (Å²) >= 11 is 0. The lowest BCUT2D eigenvalue weighted by atomic mass is 10.1. The van der Waals surface area contributed by atoms with Gasteiger partial charge in [-0.1, -0.05) is 42.5 Å². The molecular formula is C19H16FNO2. The maximum atomic E-state index is 13.8. The topological polar surface area (TPSA) is 42.2 Å². The molecule has 23 heavy (non-hydrogen) atoms. The van der Waals surface area contributed by atoms with Crippen molar-refractivity contribution in [2.45, 2.75) is 13.0 Å². The van der Waals surface area contributed by atoms with Crippen LogP contribution < -0.4 is 5.32 Å². The fraction of sp³-hybridized carbons (Fsp3) is 0.105. The highest BCUT2D eigenvalue weighted by molar-refractivity contribution is 5.92. The highest BCUT2D eigenvalue weighted by atomic mass is 19.1. The van der Waals surface area contributed by atoms with Crippen molar-refractivity contribution >= 4 is 5.91 Å². The highest BCUT2D eigenvalue weighted by Crippen LogP contribution is 2.25. The van der Waals surface area contributed by atoms with Gasteiger partial charge in [-0.05, 0) is 36.8 Å². The number of hydrogen-bond acceptors (Lipinski definition) is 2. The molecule has 116 valence electrons. The molecule has 0 radical (unpaired) electrons. The molecule has 0 saturated carbocycles. The predicted octanol–water partition coefficient (Wildman–Crippen LogP) is 4.58. The molecule has 0 spiro atoms.